The molecule has 14 heavy (non-hydrogen) atoms. The minimum atomic E-state index is 0.783. The molecule has 0 saturated heterocycles. The summed E-state index contributed by atoms with van der Waals surface area (Å²) in [4.78, 5) is 4.25. The van der Waals surface area contributed by atoms with Crippen molar-refractivity contribution in [2.45, 2.75) is 26.8 Å². The maximum atomic E-state index is 5.66. The maximum Gasteiger partial charge on any atom is 0.0958 e. The van der Waals surface area contributed by atoms with Crippen LogP contribution in [0.4, 0.5) is 0 Å². The molecular formula is C11H17N3. The number of hydrogen-bond donors (Lipinski definition) is 1. The van der Waals surface area contributed by atoms with E-state index in [1.54, 1.807) is 6.08 Å². The molecule has 2 N–H and O–H groups in total. The predicted molar refractivity (Wildman–Crippen MR) is 60.4 cm³/mol. The molecule has 76 valence electrons. The van der Waals surface area contributed by atoms with E-state index in [4.69, 9.17) is 5.73 Å². The first kappa shape index (κ1) is 10.6. The van der Waals surface area contributed by atoms with Crippen molar-refractivity contribution < 1.29 is 0 Å². The molecule has 0 radical (unpaired) electrons. The van der Waals surface area contributed by atoms with E-state index in [0.29, 0.717) is 0 Å². The Morgan fingerprint density at radius 1 is 1.71 bits per heavy atom. The summed E-state index contributed by atoms with van der Waals surface area (Å²) in [6.07, 6.45) is 6.59. The second-order valence-corrected chi connectivity index (χ2v) is 3.30. The Morgan fingerprint density at radius 3 is 2.93 bits per heavy atom. The molecule has 0 aliphatic carbocycles. The Labute approximate surface area is 85.0 Å². The third-order valence-corrected chi connectivity index (χ3v) is 1.93. The van der Waals surface area contributed by atoms with Gasteiger partial charge in [-0.05, 0) is 25.5 Å². The fraction of sp³-hybridized carbons (Fsp3) is 0.364. The van der Waals surface area contributed by atoms with Crippen LogP contribution in [0.3, 0.4) is 0 Å². The first-order chi connectivity index (χ1) is 6.69. The van der Waals surface area contributed by atoms with E-state index in [0.717, 1.165) is 30.1 Å². The minimum absolute atomic E-state index is 0.783. The molecule has 0 aliphatic rings. The van der Waals surface area contributed by atoms with Gasteiger partial charge in [-0.25, -0.2) is 4.98 Å². The second-order valence-electron chi connectivity index (χ2n) is 3.30. The van der Waals surface area contributed by atoms with E-state index in [-0.39, 0.29) is 0 Å². The Morgan fingerprint density at radius 2 is 2.43 bits per heavy atom. The number of imidazole rings is 1. The van der Waals surface area contributed by atoms with Gasteiger partial charge in [0.2, 0.25) is 0 Å². The van der Waals surface area contributed by atoms with E-state index in [9.17, 15) is 0 Å². The van der Waals surface area contributed by atoms with E-state index >= 15 is 0 Å². The standard InChI is InChI=1S/C11H17N3/c1-4-6-14-8-13-10(5-2)11(14)7-9(3)12/h5,7-8H,2,4,6,12H2,1,3H3/b9-7+. The second kappa shape index (κ2) is 4.65. The fourth-order valence-corrected chi connectivity index (χ4v) is 1.36. The SMILES string of the molecule is C=Cc1ncn(CCC)c1/C=C(\C)N. The van der Waals surface area contributed by atoms with Crippen molar-refractivity contribution in [3.05, 3.63) is 30.0 Å². The Balaban J connectivity index is 3.12. The van der Waals surface area contributed by atoms with Crippen LogP contribution in [0.1, 0.15) is 31.7 Å². The highest BCUT2D eigenvalue weighted by atomic mass is 15.0. The van der Waals surface area contributed by atoms with Crippen LogP contribution in [0.15, 0.2) is 18.6 Å². The van der Waals surface area contributed by atoms with Crippen molar-refractivity contribution in [2.75, 3.05) is 0 Å². The zero-order valence-corrected chi connectivity index (χ0v) is 8.83. The molecule has 0 spiro atoms. The maximum absolute atomic E-state index is 5.66. The molecule has 0 fully saturated rings. The van der Waals surface area contributed by atoms with E-state index in [1.807, 2.05) is 19.3 Å². The Kier molecular flexibility index (Phi) is 3.51. The molecule has 3 nitrogen and oxygen atoms in total. The molecule has 1 aromatic rings. The third-order valence-electron chi connectivity index (χ3n) is 1.93. The molecule has 1 rings (SSSR count). The van der Waals surface area contributed by atoms with Gasteiger partial charge in [-0.3, -0.25) is 0 Å². The molecule has 0 aromatic carbocycles. The lowest BCUT2D eigenvalue weighted by atomic mass is 10.2. The Hall–Kier alpha value is -1.51. The topological polar surface area (TPSA) is 43.8 Å². The normalized spacial score (nSPS) is 11.7. The lowest BCUT2D eigenvalue weighted by Crippen LogP contribution is -2.00. The van der Waals surface area contributed by atoms with Gasteiger partial charge in [0, 0.05) is 12.2 Å². The number of rotatable bonds is 4. The van der Waals surface area contributed by atoms with Crippen LogP contribution in [0.5, 0.6) is 0 Å². The molecule has 0 atom stereocenters. The molecule has 0 saturated carbocycles. The van der Waals surface area contributed by atoms with Crippen molar-refractivity contribution >= 4 is 12.2 Å². The lowest BCUT2D eigenvalue weighted by molar-refractivity contribution is 0.673. The number of hydrogen-bond acceptors (Lipinski definition) is 2. The van der Waals surface area contributed by atoms with E-state index < -0.39 is 0 Å². The molecule has 0 bridgehead atoms. The summed E-state index contributed by atoms with van der Waals surface area (Å²) in [5.74, 6) is 0. The third kappa shape index (κ3) is 2.25. The summed E-state index contributed by atoms with van der Waals surface area (Å²) in [5, 5.41) is 0. The van der Waals surface area contributed by atoms with Gasteiger partial charge in [0.15, 0.2) is 0 Å². The average molecular weight is 191 g/mol. The van der Waals surface area contributed by atoms with Gasteiger partial charge in [0.05, 0.1) is 17.7 Å². The number of allylic oxidation sites excluding steroid dienone is 1. The first-order valence-electron chi connectivity index (χ1n) is 4.80. The molecule has 1 aromatic heterocycles. The highest BCUT2D eigenvalue weighted by Crippen LogP contribution is 2.12. The van der Waals surface area contributed by atoms with Gasteiger partial charge in [0.25, 0.3) is 0 Å². The number of nitrogens with zero attached hydrogens (tertiary/aromatic N) is 2. The summed E-state index contributed by atoms with van der Waals surface area (Å²) in [7, 11) is 0. The summed E-state index contributed by atoms with van der Waals surface area (Å²) < 4.78 is 2.09. The zero-order valence-electron chi connectivity index (χ0n) is 8.83. The van der Waals surface area contributed by atoms with Crippen LogP contribution >= 0.6 is 0 Å². The van der Waals surface area contributed by atoms with Gasteiger partial charge in [-0.15, -0.1) is 0 Å². The highest BCUT2D eigenvalue weighted by molar-refractivity contribution is 5.60. The number of aromatic nitrogens is 2. The quantitative estimate of drug-likeness (QED) is 0.793. The smallest absolute Gasteiger partial charge is 0.0958 e. The molecule has 1 heterocycles. The first-order valence-corrected chi connectivity index (χ1v) is 4.80. The average Bonchev–Trinajstić information content (AvgIpc) is 2.48. The molecule has 0 amide bonds. The summed E-state index contributed by atoms with van der Waals surface area (Å²) in [6, 6.07) is 0. The van der Waals surface area contributed by atoms with Crippen molar-refractivity contribution in [3.63, 3.8) is 0 Å². The van der Waals surface area contributed by atoms with Gasteiger partial charge >= 0.3 is 0 Å². The van der Waals surface area contributed by atoms with Crippen LogP contribution in [-0.2, 0) is 6.54 Å². The number of aryl methyl sites for hydroxylation is 1. The minimum Gasteiger partial charge on any atom is -0.402 e. The van der Waals surface area contributed by atoms with Crippen molar-refractivity contribution in [1.29, 1.82) is 0 Å². The van der Waals surface area contributed by atoms with Crippen molar-refractivity contribution in [1.82, 2.24) is 9.55 Å². The van der Waals surface area contributed by atoms with Gasteiger partial charge in [-0.1, -0.05) is 13.5 Å². The monoisotopic (exact) mass is 191 g/mol. The molecule has 3 heteroatoms. The van der Waals surface area contributed by atoms with Crippen LogP contribution in [0.2, 0.25) is 0 Å². The van der Waals surface area contributed by atoms with Gasteiger partial charge < -0.3 is 10.3 Å². The molecular weight excluding hydrogens is 174 g/mol. The van der Waals surface area contributed by atoms with Gasteiger partial charge in [0.1, 0.15) is 0 Å². The summed E-state index contributed by atoms with van der Waals surface area (Å²) >= 11 is 0. The molecule has 0 unspecified atom stereocenters. The molecule has 0 aliphatic heterocycles. The predicted octanol–water partition coefficient (Wildman–Crippen LogP) is 2.26. The van der Waals surface area contributed by atoms with Crippen LogP contribution < -0.4 is 5.73 Å². The highest BCUT2D eigenvalue weighted by Gasteiger charge is 2.04. The van der Waals surface area contributed by atoms with E-state index in [2.05, 4.69) is 23.1 Å². The lowest BCUT2D eigenvalue weighted by Gasteiger charge is -2.03. The van der Waals surface area contributed by atoms with Crippen molar-refractivity contribution in [3.8, 4) is 0 Å². The van der Waals surface area contributed by atoms with Crippen molar-refractivity contribution in [2.24, 2.45) is 5.73 Å². The zero-order chi connectivity index (χ0) is 10.6. The Bertz CT molecular complexity index is 343. The van der Waals surface area contributed by atoms with Crippen LogP contribution in [0, 0.1) is 0 Å². The summed E-state index contributed by atoms with van der Waals surface area (Å²) in [6.45, 7) is 8.69. The fourth-order valence-electron chi connectivity index (χ4n) is 1.36. The van der Waals surface area contributed by atoms with Crippen LogP contribution in [-0.4, -0.2) is 9.55 Å². The van der Waals surface area contributed by atoms with Gasteiger partial charge in [-0.2, -0.15) is 0 Å². The van der Waals surface area contributed by atoms with E-state index in [1.165, 1.54) is 0 Å². The number of nitrogens with two attached hydrogens (primary N) is 1. The van der Waals surface area contributed by atoms with Crippen LogP contribution in [0.25, 0.3) is 12.2 Å². The summed E-state index contributed by atoms with van der Waals surface area (Å²) in [5.41, 5.74) is 8.38. The largest absolute Gasteiger partial charge is 0.402 e.